The highest BCUT2D eigenvalue weighted by atomic mass is 19.1. The summed E-state index contributed by atoms with van der Waals surface area (Å²) in [6.07, 6.45) is 5.39. The molecule has 0 aliphatic carbocycles. The maximum Gasteiger partial charge on any atom is 0.257 e. The number of aromatic nitrogens is 2. The van der Waals surface area contributed by atoms with E-state index < -0.39 is 0 Å². The molecule has 1 atom stereocenters. The first-order valence-electron chi connectivity index (χ1n) is 10.4. The van der Waals surface area contributed by atoms with Crippen LogP contribution < -0.4 is 0 Å². The molecule has 1 aliphatic heterocycles. The molecule has 3 aromatic rings. The molecule has 0 unspecified atom stereocenters. The Balaban J connectivity index is 1.38. The van der Waals surface area contributed by atoms with Crippen LogP contribution in [0.25, 0.3) is 0 Å². The van der Waals surface area contributed by atoms with E-state index >= 15 is 0 Å². The van der Waals surface area contributed by atoms with Gasteiger partial charge in [-0.1, -0.05) is 48.5 Å². The van der Waals surface area contributed by atoms with Crippen molar-refractivity contribution < 1.29 is 9.18 Å². The minimum Gasteiger partial charge on any atom is -0.337 e. The van der Waals surface area contributed by atoms with Crippen LogP contribution in [0.4, 0.5) is 4.39 Å². The molecule has 30 heavy (non-hydrogen) atoms. The van der Waals surface area contributed by atoms with Gasteiger partial charge in [0.05, 0.1) is 18.3 Å². The lowest BCUT2D eigenvalue weighted by Crippen LogP contribution is -2.48. The standard InChI is InChI=1S/C24H27FN4O/c1-27(22-11-7-13-28(18-22)16-20-10-5-6-12-23(20)25)24(30)21-14-26-29(17-21)15-19-8-3-2-4-9-19/h2-6,8-10,12,14,17,22H,7,11,13,15-16,18H2,1H3/t22-/m0/s1. The van der Waals surface area contributed by atoms with Crippen molar-refractivity contribution in [1.82, 2.24) is 19.6 Å². The molecule has 2 heterocycles. The summed E-state index contributed by atoms with van der Waals surface area (Å²) in [7, 11) is 1.86. The summed E-state index contributed by atoms with van der Waals surface area (Å²) in [4.78, 5) is 17.1. The number of hydrogen-bond acceptors (Lipinski definition) is 3. The van der Waals surface area contributed by atoms with Crippen molar-refractivity contribution in [3.63, 3.8) is 0 Å². The number of likely N-dealkylation sites (tertiary alicyclic amines) is 1. The van der Waals surface area contributed by atoms with Crippen LogP contribution in [-0.2, 0) is 13.1 Å². The molecule has 2 aromatic carbocycles. The number of likely N-dealkylation sites (N-methyl/N-ethyl adjacent to an activating group) is 1. The third-order valence-corrected chi connectivity index (χ3v) is 5.77. The normalized spacial score (nSPS) is 17.1. The zero-order valence-electron chi connectivity index (χ0n) is 17.2. The van der Waals surface area contributed by atoms with Gasteiger partial charge in [0.1, 0.15) is 5.82 Å². The molecule has 0 saturated carbocycles. The van der Waals surface area contributed by atoms with Crippen molar-refractivity contribution in [2.24, 2.45) is 0 Å². The minimum absolute atomic E-state index is 0.0212. The molecule has 6 heteroatoms. The number of amides is 1. The number of halogens is 1. The molecule has 0 N–H and O–H groups in total. The predicted octanol–water partition coefficient (Wildman–Crippen LogP) is 3.81. The van der Waals surface area contributed by atoms with Gasteiger partial charge in [0.15, 0.2) is 0 Å². The SMILES string of the molecule is CN(C(=O)c1cnn(Cc2ccccc2)c1)[C@H]1CCCN(Cc2ccccc2F)C1. The molecule has 1 fully saturated rings. The second-order valence-electron chi connectivity index (χ2n) is 7.95. The number of carbonyl (C=O) groups is 1. The maximum atomic E-state index is 14.0. The monoisotopic (exact) mass is 406 g/mol. The van der Waals surface area contributed by atoms with E-state index in [-0.39, 0.29) is 17.8 Å². The number of piperidine rings is 1. The van der Waals surface area contributed by atoms with E-state index in [4.69, 9.17) is 0 Å². The van der Waals surface area contributed by atoms with Gasteiger partial charge in [0, 0.05) is 37.9 Å². The molecular formula is C24H27FN4O. The van der Waals surface area contributed by atoms with Gasteiger partial charge in [0.2, 0.25) is 0 Å². The van der Waals surface area contributed by atoms with Crippen LogP contribution in [0.5, 0.6) is 0 Å². The van der Waals surface area contributed by atoms with Crippen LogP contribution in [0, 0.1) is 5.82 Å². The molecular weight excluding hydrogens is 379 g/mol. The van der Waals surface area contributed by atoms with Crippen LogP contribution in [0.1, 0.15) is 34.3 Å². The molecule has 1 aliphatic rings. The van der Waals surface area contributed by atoms with Crippen molar-refractivity contribution in [1.29, 1.82) is 0 Å². The summed E-state index contributed by atoms with van der Waals surface area (Å²) >= 11 is 0. The average Bonchev–Trinajstić information content (AvgIpc) is 3.24. The first-order chi connectivity index (χ1) is 14.6. The molecule has 0 spiro atoms. The van der Waals surface area contributed by atoms with E-state index in [2.05, 4.69) is 10.00 Å². The fourth-order valence-electron chi connectivity index (χ4n) is 4.06. The molecule has 1 amide bonds. The highest BCUT2D eigenvalue weighted by molar-refractivity contribution is 5.93. The van der Waals surface area contributed by atoms with Gasteiger partial charge < -0.3 is 4.90 Å². The fraction of sp³-hybridized carbons (Fsp3) is 0.333. The molecule has 0 radical (unpaired) electrons. The molecule has 1 saturated heterocycles. The van der Waals surface area contributed by atoms with E-state index in [1.807, 2.05) is 60.6 Å². The highest BCUT2D eigenvalue weighted by Crippen LogP contribution is 2.20. The predicted molar refractivity (Wildman–Crippen MR) is 115 cm³/mol. The largest absolute Gasteiger partial charge is 0.337 e. The fourth-order valence-corrected chi connectivity index (χ4v) is 4.06. The zero-order chi connectivity index (χ0) is 20.9. The average molecular weight is 407 g/mol. The Labute approximate surface area is 176 Å². The minimum atomic E-state index is -0.171. The smallest absolute Gasteiger partial charge is 0.257 e. The van der Waals surface area contributed by atoms with Crippen molar-refractivity contribution in [3.8, 4) is 0 Å². The third-order valence-electron chi connectivity index (χ3n) is 5.77. The van der Waals surface area contributed by atoms with Crippen molar-refractivity contribution in [2.45, 2.75) is 32.0 Å². The van der Waals surface area contributed by atoms with E-state index in [0.717, 1.165) is 31.5 Å². The summed E-state index contributed by atoms with van der Waals surface area (Å²) in [5.74, 6) is -0.193. The Hall–Kier alpha value is -2.99. The van der Waals surface area contributed by atoms with Crippen LogP contribution in [0.15, 0.2) is 67.0 Å². The number of carbonyl (C=O) groups excluding carboxylic acids is 1. The van der Waals surface area contributed by atoms with E-state index in [1.165, 1.54) is 6.07 Å². The van der Waals surface area contributed by atoms with Crippen LogP contribution in [-0.4, -0.2) is 51.7 Å². The summed E-state index contributed by atoms with van der Waals surface area (Å²) in [6.45, 7) is 2.87. The Bertz CT molecular complexity index is 988. The van der Waals surface area contributed by atoms with Crippen LogP contribution in [0.3, 0.4) is 0 Å². The number of rotatable bonds is 6. The summed E-state index contributed by atoms with van der Waals surface area (Å²) in [6, 6.07) is 17.1. The summed E-state index contributed by atoms with van der Waals surface area (Å²) in [5.41, 5.74) is 2.44. The van der Waals surface area contributed by atoms with Gasteiger partial charge in [-0.3, -0.25) is 14.4 Å². The van der Waals surface area contributed by atoms with Crippen LogP contribution in [0.2, 0.25) is 0 Å². The topological polar surface area (TPSA) is 41.4 Å². The molecule has 5 nitrogen and oxygen atoms in total. The van der Waals surface area contributed by atoms with E-state index in [1.54, 1.807) is 16.9 Å². The van der Waals surface area contributed by atoms with E-state index in [9.17, 15) is 9.18 Å². The summed E-state index contributed by atoms with van der Waals surface area (Å²) in [5, 5.41) is 4.36. The van der Waals surface area contributed by atoms with E-state index in [0.29, 0.717) is 24.2 Å². The van der Waals surface area contributed by atoms with Gasteiger partial charge in [0.25, 0.3) is 5.91 Å². The first-order valence-corrected chi connectivity index (χ1v) is 10.4. The Morgan fingerprint density at radius 2 is 1.90 bits per heavy atom. The summed E-state index contributed by atoms with van der Waals surface area (Å²) < 4.78 is 15.8. The van der Waals surface area contributed by atoms with Crippen molar-refractivity contribution in [2.75, 3.05) is 20.1 Å². The van der Waals surface area contributed by atoms with Gasteiger partial charge >= 0.3 is 0 Å². The second kappa shape index (κ2) is 9.22. The first kappa shape index (κ1) is 20.3. The molecule has 0 bridgehead atoms. The Kier molecular flexibility index (Phi) is 6.23. The maximum absolute atomic E-state index is 14.0. The number of benzene rings is 2. The van der Waals surface area contributed by atoms with Crippen LogP contribution >= 0.6 is 0 Å². The molecule has 156 valence electrons. The second-order valence-corrected chi connectivity index (χ2v) is 7.95. The highest BCUT2D eigenvalue weighted by Gasteiger charge is 2.27. The molecule has 1 aromatic heterocycles. The van der Waals surface area contributed by atoms with Gasteiger partial charge in [-0.15, -0.1) is 0 Å². The lowest BCUT2D eigenvalue weighted by molar-refractivity contribution is 0.0607. The quantitative estimate of drug-likeness (QED) is 0.625. The lowest BCUT2D eigenvalue weighted by atomic mass is 10.0. The Morgan fingerprint density at radius 3 is 2.70 bits per heavy atom. The molecule has 4 rings (SSSR count). The van der Waals surface area contributed by atoms with Gasteiger partial charge in [-0.25, -0.2) is 4.39 Å². The zero-order valence-corrected chi connectivity index (χ0v) is 17.2. The van der Waals surface area contributed by atoms with Gasteiger partial charge in [-0.05, 0) is 31.0 Å². The van der Waals surface area contributed by atoms with Crippen molar-refractivity contribution in [3.05, 3.63) is 89.5 Å². The Morgan fingerprint density at radius 1 is 1.13 bits per heavy atom. The third kappa shape index (κ3) is 4.76. The van der Waals surface area contributed by atoms with Gasteiger partial charge in [-0.2, -0.15) is 5.10 Å². The lowest BCUT2D eigenvalue weighted by Gasteiger charge is -2.37. The number of nitrogens with zero attached hydrogens (tertiary/aromatic N) is 4. The van der Waals surface area contributed by atoms with Crippen molar-refractivity contribution >= 4 is 5.91 Å². The number of hydrogen-bond donors (Lipinski definition) is 0.